The minimum absolute atomic E-state index is 0.283. The number of carbonyl (C=O) groups excluding carboxylic acids is 1. The number of rotatable bonds is 3. The Bertz CT molecular complexity index is 917. The van der Waals surface area contributed by atoms with Crippen molar-refractivity contribution in [3.63, 3.8) is 0 Å². The monoisotopic (exact) mass is 356 g/mol. The first kappa shape index (κ1) is 17.7. The first-order chi connectivity index (χ1) is 12.3. The fourth-order valence-electron chi connectivity index (χ4n) is 2.45. The van der Waals surface area contributed by atoms with Gasteiger partial charge in [0.1, 0.15) is 0 Å². The summed E-state index contributed by atoms with van der Waals surface area (Å²) in [5.41, 5.74) is 2.62. The van der Waals surface area contributed by atoms with Gasteiger partial charge in [0.2, 0.25) is 0 Å². The minimum atomic E-state index is -4.40. The standard InChI is InChI=1S/C20H15F3N2O/c1-13-3-2-4-14(11-13)18-10-5-15(12-24-18)19(26)25-17-8-6-16(7-9-17)20(21,22)23/h2-12H,1H3,(H,25,26). The molecule has 6 heteroatoms. The maximum Gasteiger partial charge on any atom is 0.416 e. The molecule has 0 spiro atoms. The summed E-state index contributed by atoms with van der Waals surface area (Å²) in [6.07, 6.45) is -2.96. The normalized spacial score (nSPS) is 11.2. The van der Waals surface area contributed by atoms with Crippen molar-refractivity contribution in [1.82, 2.24) is 4.98 Å². The molecule has 1 amide bonds. The smallest absolute Gasteiger partial charge is 0.322 e. The van der Waals surface area contributed by atoms with Gasteiger partial charge in [-0.15, -0.1) is 0 Å². The lowest BCUT2D eigenvalue weighted by molar-refractivity contribution is -0.137. The second-order valence-electron chi connectivity index (χ2n) is 5.83. The molecule has 0 fully saturated rings. The number of amides is 1. The first-order valence-electron chi connectivity index (χ1n) is 7.84. The van der Waals surface area contributed by atoms with Crippen LogP contribution in [0.15, 0.2) is 66.9 Å². The Labute approximate surface area is 148 Å². The van der Waals surface area contributed by atoms with Gasteiger partial charge in [-0.25, -0.2) is 0 Å². The molecule has 2 aromatic carbocycles. The zero-order chi connectivity index (χ0) is 18.7. The SMILES string of the molecule is Cc1cccc(-c2ccc(C(=O)Nc3ccc(C(F)(F)F)cc3)cn2)c1. The Kier molecular flexibility index (Phi) is 4.75. The van der Waals surface area contributed by atoms with Gasteiger partial charge in [0, 0.05) is 17.4 Å². The maximum atomic E-state index is 12.6. The van der Waals surface area contributed by atoms with E-state index in [2.05, 4.69) is 10.3 Å². The largest absolute Gasteiger partial charge is 0.416 e. The summed E-state index contributed by atoms with van der Waals surface area (Å²) in [5.74, 6) is -0.437. The molecule has 132 valence electrons. The van der Waals surface area contributed by atoms with Crippen LogP contribution < -0.4 is 5.32 Å². The molecule has 1 heterocycles. The van der Waals surface area contributed by atoms with Gasteiger partial charge < -0.3 is 5.32 Å². The number of pyridine rings is 1. The lowest BCUT2D eigenvalue weighted by atomic mass is 10.1. The van der Waals surface area contributed by atoms with Crippen LogP contribution in [0.1, 0.15) is 21.5 Å². The topological polar surface area (TPSA) is 42.0 Å². The average Bonchev–Trinajstić information content (AvgIpc) is 2.61. The van der Waals surface area contributed by atoms with Gasteiger partial charge in [0.15, 0.2) is 0 Å². The highest BCUT2D eigenvalue weighted by Gasteiger charge is 2.30. The number of benzene rings is 2. The van der Waals surface area contributed by atoms with Crippen LogP contribution in [0.4, 0.5) is 18.9 Å². The van der Waals surface area contributed by atoms with Crippen LogP contribution in [0.25, 0.3) is 11.3 Å². The van der Waals surface area contributed by atoms with Gasteiger partial charge in [-0.3, -0.25) is 9.78 Å². The highest BCUT2D eigenvalue weighted by atomic mass is 19.4. The van der Waals surface area contributed by atoms with Crippen molar-refractivity contribution < 1.29 is 18.0 Å². The molecule has 0 unspecified atom stereocenters. The summed E-state index contributed by atoms with van der Waals surface area (Å²) in [4.78, 5) is 16.5. The zero-order valence-corrected chi connectivity index (χ0v) is 13.8. The quantitative estimate of drug-likeness (QED) is 0.689. The number of anilines is 1. The molecular formula is C20H15F3N2O. The van der Waals surface area contributed by atoms with E-state index in [1.54, 1.807) is 12.1 Å². The molecule has 1 aromatic heterocycles. The summed E-state index contributed by atoms with van der Waals surface area (Å²) in [6.45, 7) is 1.98. The van der Waals surface area contributed by atoms with Crippen LogP contribution in [0, 0.1) is 6.92 Å². The van der Waals surface area contributed by atoms with E-state index in [0.29, 0.717) is 5.56 Å². The fraction of sp³-hybridized carbons (Fsp3) is 0.100. The van der Waals surface area contributed by atoms with Crippen molar-refractivity contribution in [3.8, 4) is 11.3 Å². The fourth-order valence-corrected chi connectivity index (χ4v) is 2.45. The second kappa shape index (κ2) is 7.00. The van der Waals surface area contributed by atoms with Crippen molar-refractivity contribution >= 4 is 11.6 Å². The predicted molar refractivity (Wildman–Crippen MR) is 93.8 cm³/mol. The highest BCUT2D eigenvalue weighted by molar-refractivity contribution is 6.04. The molecule has 0 saturated carbocycles. The van der Waals surface area contributed by atoms with E-state index in [9.17, 15) is 18.0 Å². The third-order valence-corrected chi connectivity index (χ3v) is 3.81. The van der Waals surface area contributed by atoms with Crippen LogP contribution >= 0.6 is 0 Å². The third kappa shape index (κ3) is 4.08. The Morgan fingerprint density at radius 1 is 1.00 bits per heavy atom. The third-order valence-electron chi connectivity index (χ3n) is 3.81. The summed E-state index contributed by atoms with van der Waals surface area (Å²) in [5, 5.41) is 2.56. The Balaban J connectivity index is 1.72. The predicted octanol–water partition coefficient (Wildman–Crippen LogP) is 5.33. The molecule has 0 aliphatic carbocycles. The van der Waals surface area contributed by atoms with E-state index in [-0.39, 0.29) is 5.69 Å². The summed E-state index contributed by atoms with van der Waals surface area (Å²) >= 11 is 0. The van der Waals surface area contributed by atoms with E-state index in [0.717, 1.165) is 29.0 Å². The van der Waals surface area contributed by atoms with Crippen LogP contribution in [0.3, 0.4) is 0 Å². The molecule has 3 aromatic rings. The molecule has 0 aliphatic heterocycles. The van der Waals surface area contributed by atoms with Gasteiger partial charge in [-0.2, -0.15) is 13.2 Å². The van der Waals surface area contributed by atoms with Crippen LogP contribution in [-0.2, 0) is 6.18 Å². The number of halogens is 3. The van der Waals surface area contributed by atoms with Gasteiger partial charge in [-0.05, 0) is 49.4 Å². The van der Waals surface area contributed by atoms with Crippen molar-refractivity contribution in [2.45, 2.75) is 13.1 Å². The summed E-state index contributed by atoms with van der Waals surface area (Å²) in [6, 6.07) is 15.5. The molecule has 0 aliphatic rings. The van der Waals surface area contributed by atoms with Crippen molar-refractivity contribution in [1.29, 1.82) is 0 Å². The molecule has 0 radical (unpaired) electrons. The van der Waals surface area contributed by atoms with E-state index in [1.807, 2.05) is 31.2 Å². The van der Waals surface area contributed by atoms with Crippen molar-refractivity contribution in [2.24, 2.45) is 0 Å². The molecule has 26 heavy (non-hydrogen) atoms. The number of carbonyl (C=O) groups is 1. The van der Waals surface area contributed by atoms with Crippen molar-refractivity contribution in [3.05, 3.63) is 83.6 Å². The second-order valence-corrected chi connectivity index (χ2v) is 5.83. The number of aryl methyl sites for hydroxylation is 1. The summed E-state index contributed by atoms with van der Waals surface area (Å²) < 4.78 is 37.7. The Hall–Kier alpha value is -3.15. The molecule has 0 atom stereocenters. The number of nitrogens with zero attached hydrogens (tertiary/aromatic N) is 1. The van der Waals surface area contributed by atoms with Crippen LogP contribution in [0.5, 0.6) is 0 Å². The van der Waals surface area contributed by atoms with Gasteiger partial charge in [0.25, 0.3) is 5.91 Å². The molecule has 0 bridgehead atoms. The van der Waals surface area contributed by atoms with Gasteiger partial charge in [0.05, 0.1) is 16.8 Å². The van der Waals surface area contributed by atoms with E-state index in [4.69, 9.17) is 0 Å². The average molecular weight is 356 g/mol. The van der Waals surface area contributed by atoms with Crippen LogP contribution in [0.2, 0.25) is 0 Å². The lowest BCUT2D eigenvalue weighted by Crippen LogP contribution is -2.12. The molecule has 0 saturated heterocycles. The number of alkyl halides is 3. The Morgan fingerprint density at radius 3 is 2.31 bits per heavy atom. The van der Waals surface area contributed by atoms with Crippen LogP contribution in [-0.4, -0.2) is 10.9 Å². The number of hydrogen-bond donors (Lipinski definition) is 1. The number of nitrogens with one attached hydrogen (secondary N) is 1. The molecule has 3 nitrogen and oxygen atoms in total. The number of hydrogen-bond acceptors (Lipinski definition) is 2. The van der Waals surface area contributed by atoms with Gasteiger partial charge in [-0.1, -0.05) is 23.8 Å². The maximum absolute atomic E-state index is 12.6. The first-order valence-corrected chi connectivity index (χ1v) is 7.84. The highest BCUT2D eigenvalue weighted by Crippen LogP contribution is 2.29. The van der Waals surface area contributed by atoms with E-state index in [1.165, 1.54) is 18.3 Å². The van der Waals surface area contributed by atoms with E-state index >= 15 is 0 Å². The van der Waals surface area contributed by atoms with E-state index < -0.39 is 17.6 Å². The summed E-state index contributed by atoms with van der Waals surface area (Å²) in [7, 11) is 0. The van der Waals surface area contributed by atoms with Gasteiger partial charge >= 0.3 is 6.18 Å². The van der Waals surface area contributed by atoms with Crippen molar-refractivity contribution in [2.75, 3.05) is 5.32 Å². The molecule has 1 N–H and O–H groups in total. The zero-order valence-electron chi connectivity index (χ0n) is 13.8. The number of aromatic nitrogens is 1. The Morgan fingerprint density at radius 2 is 1.73 bits per heavy atom. The minimum Gasteiger partial charge on any atom is -0.322 e. The molecular weight excluding hydrogens is 341 g/mol. The molecule has 3 rings (SSSR count). The lowest BCUT2D eigenvalue weighted by Gasteiger charge is -2.09.